The third kappa shape index (κ3) is 4.55. The first-order valence-corrected chi connectivity index (χ1v) is 8.95. The first kappa shape index (κ1) is 17.8. The van der Waals surface area contributed by atoms with Crippen molar-refractivity contribution in [3.8, 4) is 0 Å². The van der Waals surface area contributed by atoms with Crippen LogP contribution in [0.3, 0.4) is 0 Å². The Morgan fingerprint density at radius 1 is 1.15 bits per heavy atom. The number of rotatable bonds is 5. The van der Waals surface area contributed by atoms with Crippen molar-refractivity contribution in [2.24, 2.45) is 0 Å². The third-order valence-corrected chi connectivity index (χ3v) is 4.66. The minimum Gasteiger partial charge on any atom is -0.449 e. The zero-order valence-corrected chi connectivity index (χ0v) is 15.2. The number of carbonyl (C=O) groups excluding carboxylic acids is 2. The molecule has 0 bridgehead atoms. The number of para-hydroxylation sites is 1. The van der Waals surface area contributed by atoms with Crippen molar-refractivity contribution in [2.75, 3.05) is 5.32 Å². The number of carbonyl (C=O) groups is 2. The summed E-state index contributed by atoms with van der Waals surface area (Å²) >= 11 is 1.48. The Bertz CT molecular complexity index is 928. The van der Waals surface area contributed by atoms with E-state index in [1.165, 1.54) is 24.3 Å². The number of benzene rings is 2. The summed E-state index contributed by atoms with van der Waals surface area (Å²) in [6, 6.07) is 15.1. The summed E-state index contributed by atoms with van der Waals surface area (Å²) in [5.74, 6) is -0.966. The van der Waals surface area contributed by atoms with Crippen LogP contribution in [-0.2, 0) is 14.3 Å². The van der Waals surface area contributed by atoms with Gasteiger partial charge in [0.2, 0.25) is 0 Å². The number of esters is 1. The maximum absolute atomic E-state index is 12.1. The van der Waals surface area contributed by atoms with Crippen LogP contribution >= 0.6 is 11.3 Å². The van der Waals surface area contributed by atoms with E-state index in [2.05, 4.69) is 10.3 Å². The SMILES string of the molecule is Cc1ccc(NC(=O)[C@@H](C)OC(=O)/C=C/c2nc3ccccc3s2)cc1. The van der Waals surface area contributed by atoms with Crippen LogP contribution < -0.4 is 5.32 Å². The van der Waals surface area contributed by atoms with Crippen molar-refractivity contribution in [2.45, 2.75) is 20.0 Å². The highest BCUT2D eigenvalue weighted by Crippen LogP contribution is 2.22. The molecule has 0 spiro atoms. The summed E-state index contributed by atoms with van der Waals surface area (Å²) in [5.41, 5.74) is 2.65. The van der Waals surface area contributed by atoms with E-state index in [0.29, 0.717) is 10.7 Å². The highest BCUT2D eigenvalue weighted by atomic mass is 32.1. The molecule has 3 aromatic rings. The van der Waals surface area contributed by atoms with Gasteiger partial charge in [-0.1, -0.05) is 29.8 Å². The number of ether oxygens (including phenoxy) is 1. The molecule has 1 aromatic heterocycles. The lowest BCUT2D eigenvalue weighted by Crippen LogP contribution is -2.29. The summed E-state index contributed by atoms with van der Waals surface area (Å²) in [5, 5.41) is 3.42. The second-order valence-electron chi connectivity index (χ2n) is 5.79. The Kier molecular flexibility index (Phi) is 5.43. The number of anilines is 1. The van der Waals surface area contributed by atoms with Crippen molar-refractivity contribution in [3.63, 3.8) is 0 Å². The molecule has 132 valence electrons. The van der Waals surface area contributed by atoms with Crippen LogP contribution in [0.15, 0.2) is 54.6 Å². The van der Waals surface area contributed by atoms with E-state index in [-0.39, 0.29) is 5.91 Å². The molecule has 3 rings (SSSR count). The second kappa shape index (κ2) is 7.93. The van der Waals surface area contributed by atoms with E-state index < -0.39 is 12.1 Å². The fraction of sp³-hybridized carbons (Fsp3) is 0.150. The van der Waals surface area contributed by atoms with Crippen LogP contribution in [0.5, 0.6) is 0 Å². The standard InChI is InChI=1S/C20H18N2O3S/c1-13-7-9-15(10-8-13)21-20(24)14(2)25-19(23)12-11-18-22-16-5-3-4-6-17(16)26-18/h3-12,14H,1-2H3,(H,21,24)/b12-11+/t14-/m1/s1. The molecule has 26 heavy (non-hydrogen) atoms. The summed E-state index contributed by atoms with van der Waals surface area (Å²) in [4.78, 5) is 28.4. The monoisotopic (exact) mass is 366 g/mol. The maximum Gasteiger partial charge on any atom is 0.331 e. The largest absolute Gasteiger partial charge is 0.449 e. The molecule has 1 atom stereocenters. The number of nitrogens with one attached hydrogen (secondary N) is 1. The van der Waals surface area contributed by atoms with E-state index >= 15 is 0 Å². The second-order valence-corrected chi connectivity index (χ2v) is 6.85. The average molecular weight is 366 g/mol. The normalized spacial score (nSPS) is 12.2. The Morgan fingerprint density at radius 2 is 1.88 bits per heavy atom. The first-order chi connectivity index (χ1) is 12.5. The molecular weight excluding hydrogens is 348 g/mol. The Hall–Kier alpha value is -2.99. The lowest BCUT2D eigenvalue weighted by atomic mass is 10.2. The fourth-order valence-electron chi connectivity index (χ4n) is 2.25. The van der Waals surface area contributed by atoms with Gasteiger partial charge in [0.1, 0.15) is 5.01 Å². The minimum absolute atomic E-state index is 0.379. The van der Waals surface area contributed by atoms with E-state index in [0.717, 1.165) is 15.8 Å². The molecule has 0 aliphatic carbocycles. The molecule has 0 aliphatic rings. The number of thiazole rings is 1. The van der Waals surface area contributed by atoms with Crippen LogP contribution in [0.4, 0.5) is 5.69 Å². The highest BCUT2D eigenvalue weighted by molar-refractivity contribution is 7.19. The molecule has 1 N–H and O–H groups in total. The zero-order valence-electron chi connectivity index (χ0n) is 14.4. The Labute approximate surface area is 155 Å². The van der Waals surface area contributed by atoms with Crippen molar-refractivity contribution >= 4 is 45.2 Å². The number of aryl methyl sites for hydroxylation is 1. The maximum atomic E-state index is 12.1. The van der Waals surface area contributed by atoms with Crippen molar-refractivity contribution in [1.29, 1.82) is 0 Å². The lowest BCUT2D eigenvalue weighted by molar-refractivity contribution is -0.148. The quantitative estimate of drug-likeness (QED) is 0.543. The van der Waals surface area contributed by atoms with Gasteiger partial charge in [-0.3, -0.25) is 4.79 Å². The highest BCUT2D eigenvalue weighted by Gasteiger charge is 2.16. The number of fused-ring (bicyclic) bond motifs is 1. The topological polar surface area (TPSA) is 68.3 Å². The summed E-state index contributed by atoms with van der Waals surface area (Å²) < 4.78 is 6.19. The molecule has 0 radical (unpaired) electrons. The van der Waals surface area contributed by atoms with Crippen molar-refractivity contribution in [3.05, 3.63) is 65.2 Å². The van der Waals surface area contributed by atoms with Crippen molar-refractivity contribution < 1.29 is 14.3 Å². The van der Waals surface area contributed by atoms with Gasteiger partial charge >= 0.3 is 5.97 Å². The van der Waals surface area contributed by atoms with E-state index in [1.807, 2.05) is 43.3 Å². The zero-order chi connectivity index (χ0) is 18.5. The predicted molar refractivity (Wildman–Crippen MR) is 104 cm³/mol. The molecule has 0 saturated heterocycles. The lowest BCUT2D eigenvalue weighted by Gasteiger charge is -2.12. The molecule has 6 heteroatoms. The van der Waals surface area contributed by atoms with Gasteiger partial charge in [0.15, 0.2) is 6.10 Å². The first-order valence-electron chi connectivity index (χ1n) is 8.13. The predicted octanol–water partition coefficient (Wildman–Crippen LogP) is 4.19. The van der Waals surface area contributed by atoms with E-state index in [1.54, 1.807) is 18.2 Å². The van der Waals surface area contributed by atoms with E-state index in [9.17, 15) is 9.59 Å². The summed E-state index contributed by atoms with van der Waals surface area (Å²) in [6.45, 7) is 3.50. The molecule has 2 aromatic carbocycles. The number of hydrogen-bond donors (Lipinski definition) is 1. The van der Waals surface area contributed by atoms with Gasteiger partial charge in [-0.2, -0.15) is 0 Å². The minimum atomic E-state index is -0.899. The van der Waals surface area contributed by atoms with Gasteiger partial charge in [0.25, 0.3) is 5.91 Å². The number of aromatic nitrogens is 1. The average Bonchev–Trinajstić information content (AvgIpc) is 3.05. The van der Waals surface area contributed by atoms with Crippen molar-refractivity contribution in [1.82, 2.24) is 4.98 Å². The van der Waals surface area contributed by atoms with Gasteiger partial charge < -0.3 is 10.1 Å². The van der Waals surface area contributed by atoms with Crippen LogP contribution in [-0.4, -0.2) is 23.0 Å². The van der Waals surface area contributed by atoms with Gasteiger partial charge in [0, 0.05) is 11.8 Å². The van der Waals surface area contributed by atoms with Crippen LogP contribution in [0.1, 0.15) is 17.5 Å². The van der Waals surface area contributed by atoms with Crippen LogP contribution in [0.2, 0.25) is 0 Å². The van der Waals surface area contributed by atoms with Gasteiger partial charge in [-0.15, -0.1) is 11.3 Å². The molecule has 0 saturated carbocycles. The molecule has 1 heterocycles. The van der Waals surface area contributed by atoms with E-state index in [4.69, 9.17) is 4.74 Å². The van der Waals surface area contributed by atoms with Gasteiger partial charge in [-0.25, -0.2) is 9.78 Å². The van der Waals surface area contributed by atoms with Gasteiger partial charge in [0.05, 0.1) is 10.2 Å². The Balaban J connectivity index is 1.56. The number of nitrogens with zero attached hydrogens (tertiary/aromatic N) is 1. The number of amides is 1. The molecule has 5 nitrogen and oxygen atoms in total. The van der Waals surface area contributed by atoms with Gasteiger partial charge in [-0.05, 0) is 44.2 Å². The molecule has 0 aliphatic heterocycles. The summed E-state index contributed by atoms with van der Waals surface area (Å²) in [7, 11) is 0. The van der Waals surface area contributed by atoms with Crippen LogP contribution in [0.25, 0.3) is 16.3 Å². The molecule has 1 amide bonds. The Morgan fingerprint density at radius 3 is 2.62 bits per heavy atom. The molecular formula is C20H18N2O3S. The fourth-order valence-corrected chi connectivity index (χ4v) is 3.12. The smallest absolute Gasteiger partial charge is 0.331 e. The molecule has 0 unspecified atom stereocenters. The molecule has 0 fully saturated rings. The third-order valence-electron chi connectivity index (χ3n) is 3.65. The van der Waals surface area contributed by atoms with Crippen LogP contribution in [0, 0.1) is 6.92 Å². The summed E-state index contributed by atoms with van der Waals surface area (Å²) in [6.07, 6.45) is 1.98. The number of hydrogen-bond acceptors (Lipinski definition) is 5.